The minimum atomic E-state index is -0.0868. The van der Waals surface area contributed by atoms with E-state index in [1.807, 2.05) is 0 Å². The van der Waals surface area contributed by atoms with Gasteiger partial charge in [0, 0.05) is 0 Å². The number of aliphatic hydroxyl groups excluding tert-OH is 1. The van der Waals surface area contributed by atoms with Gasteiger partial charge in [-0.05, 0) is 42.9 Å². The zero-order chi connectivity index (χ0) is 10.1. The van der Waals surface area contributed by atoms with Gasteiger partial charge in [-0.2, -0.15) is 0 Å². The van der Waals surface area contributed by atoms with Crippen molar-refractivity contribution < 1.29 is 5.11 Å². The Hall–Kier alpha value is -0.0400. The van der Waals surface area contributed by atoms with Crippen molar-refractivity contribution in [3.63, 3.8) is 0 Å². The normalized spacial score (nSPS) is 36.9. The summed E-state index contributed by atoms with van der Waals surface area (Å²) >= 11 is 0. The van der Waals surface area contributed by atoms with Crippen LogP contribution in [0.3, 0.4) is 0 Å². The van der Waals surface area contributed by atoms with E-state index in [4.69, 9.17) is 0 Å². The van der Waals surface area contributed by atoms with Crippen LogP contribution in [-0.2, 0) is 0 Å². The van der Waals surface area contributed by atoms with E-state index >= 15 is 0 Å². The van der Waals surface area contributed by atoms with Crippen LogP contribution in [0.4, 0.5) is 0 Å². The lowest BCUT2D eigenvalue weighted by Crippen LogP contribution is -2.29. The quantitative estimate of drug-likeness (QED) is 0.714. The summed E-state index contributed by atoms with van der Waals surface area (Å²) < 4.78 is 0. The molecule has 1 heteroatoms. The van der Waals surface area contributed by atoms with Crippen molar-refractivity contribution in [3.8, 4) is 0 Å². The number of hydrogen-bond acceptors (Lipinski definition) is 1. The van der Waals surface area contributed by atoms with Crippen LogP contribution in [-0.4, -0.2) is 11.2 Å². The third kappa shape index (κ3) is 2.25. The van der Waals surface area contributed by atoms with Crippen LogP contribution in [0.25, 0.3) is 0 Å². The second-order valence-corrected chi connectivity index (χ2v) is 5.32. The Morgan fingerprint density at radius 3 is 2.46 bits per heavy atom. The molecule has 0 radical (unpaired) electrons. The van der Waals surface area contributed by atoms with E-state index in [0.717, 1.165) is 18.3 Å². The Bertz CT molecular complexity index is 165. The molecule has 0 aliphatic heterocycles. The first-order valence-electron chi connectivity index (χ1n) is 5.67. The maximum atomic E-state index is 9.92. The summed E-state index contributed by atoms with van der Waals surface area (Å²) in [5, 5.41) is 9.92. The second kappa shape index (κ2) is 4.00. The summed E-state index contributed by atoms with van der Waals surface area (Å²) in [6.07, 6.45) is 4.56. The molecule has 1 saturated carbocycles. The molecule has 13 heavy (non-hydrogen) atoms. The van der Waals surface area contributed by atoms with Crippen LogP contribution in [0.2, 0.25) is 0 Å². The molecular formula is C12H24O. The van der Waals surface area contributed by atoms with Crippen molar-refractivity contribution in [1.29, 1.82) is 0 Å². The molecule has 0 amide bonds. The summed E-state index contributed by atoms with van der Waals surface area (Å²) in [5.74, 6) is 1.62. The summed E-state index contributed by atoms with van der Waals surface area (Å²) in [6, 6.07) is 0. The fourth-order valence-corrected chi connectivity index (χ4v) is 2.68. The summed E-state index contributed by atoms with van der Waals surface area (Å²) in [5.41, 5.74) is 0.212. The first-order valence-corrected chi connectivity index (χ1v) is 5.67. The van der Waals surface area contributed by atoms with Crippen molar-refractivity contribution in [1.82, 2.24) is 0 Å². The Labute approximate surface area is 82.5 Å². The van der Waals surface area contributed by atoms with E-state index in [9.17, 15) is 5.11 Å². The highest BCUT2D eigenvalue weighted by Gasteiger charge is 2.40. The number of aliphatic hydroxyl groups is 1. The standard InChI is InChI=1S/C12H24O/c1-5-11(13)12(4)7-6-10(8-12)9(2)3/h9-11,13H,5-8H2,1-4H3/t10-,11?,12-/m0/s1. The molecule has 0 saturated heterocycles. The number of rotatable bonds is 3. The van der Waals surface area contributed by atoms with Gasteiger partial charge in [0.05, 0.1) is 6.10 Å². The lowest BCUT2D eigenvalue weighted by molar-refractivity contribution is 0.0346. The lowest BCUT2D eigenvalue weighted by atomic mass is 9.79. The van der Waals surface area contributed by atoms with Gasteiger partial charge in [-0.15, -0.1) is 0 Å². The van der Waals surface area contributed by atoms with Gasteiger partial charge in [-0.25, -0.2) is 0 Å². The monoisotopic (exact) mass is 184 g/mol. The van der Waals surface area contributed by atoms with Crippen molar-refractivity contribution >= 4 is 0 Å². The predicted octanol–water partition coefficient (Wildman–Crippen LogP) is 3.22. The Balaban J connectivity index is 2.55. The van der Waals surface area contributed by atoms with Gasteiger partial charge in [-0.3, -0.25) is 0 Å². The van der Waals surface area contributed by atoms with Gasteiger partial charge in [-0.1, -0.05) is 27.7 Å². The van der Waals surface area contributed by atoms with Gasteiger partial charge >= 0.3 is 0 Å². The molecule has 0 aromatic rings. The van der Waals surface area contributed by atoms with Crippen LogP contribution in [0.5, 0.6) is 0 Å². The largest absolute Gasteiger partial charge is 0.393 e. The van der Waals surface area contributed by atoms with Crippen LogP contribution in [0, 0.1) is 17.3 Å². The highest BCUT2D eigenvalue weighted by atomic mass is 16.3. The molecular weight excluding hydrogens is 160 g/mol. The molecule has 0 aromatic carbocycles. The maximum Gasteiger partial charge on any atom is 0.0591 e. The van der Waals surface area contributed by atoms with Gasteiger partial charge in [0.1, 0.15) is 0 Å². The molecule has 1 aliphatic rings. The molecule has 1 N–H and O–H groups in total. The van der Waals surface area contributed by atoms with Gasteiger partial charge in [0.25, 0.3) is 0 Å². The molecule has 0 heterocycles. The van der Waals surface area contributed by atoms with Crippen LogP contribution >= 0.6 is 0 Å². The zero-order valence-electron chi connectivity index (χ0n) is 9.51. The van der Waals surface area contributed by atoms with Crippen LogP contribution in [0.15, 0.2) is 0 Å². The maximum absolute atomic E-state index is 9.92. The van der Waals surface area contributed by atoms with Crippen molar-refractivity contribution in [2.75, 3.05) is 0 Å². The van der Waals surface area contributed by atoms with Crippen LogP contribution in [0.1, 0.15) is 53.4 Å². The lowest BCUT2D eigenvalue weighted by Gasteiger charge is -2.30. The first kappa shape index (κ1) is 11.0. The Morgan fingerprint density at radius 2 is 2.08 bits per heavy atom. The SMILES string of the molecule is CCC(O)[C@@]1(C)CC[C@H](C(C)C)C1. The topological polar surface area (TPSA) is 20.2 Å². The molecule has 0 spiro atoms. The fraction of sp³-hybridized carbons (Fsp3) is 1.00. The van der Waals surface area contributed by atoms with Crippen molar-refractivity contribution in [3.05, 3.63) is 0 Å². The highest BCUT2D eigenvalue weighted by Crippen LogP contribution is 2.47. The van der Waals surface area contributed by atoms with Gasteiger partial charge in [0.15, 0.2) is 0 Å². The average molecular weight is 184 g/mol. The fourth-order valence-electron chi connectivity index (χ4n) is 2.68. The smallest absolute Gasteiger partial charge is 0.0591 e. The summed E-state index contributed by atoms with van der Waals surface area (Å²) in [6.45, 7) is 8.94. The first-order chi connectivity index (χ1) is 5.99. The van der Waals surface area contributed by atoms with Crippen molar-refractivity contribution in [2.45, 2.75) is 59.5 Å². The van der Waals surface area contributed by atoms with Gasteiger partial charge < -0.3 is 5.11 Å². The zero-order valence-corrected chi connectivity index (χ0v) is 9.51. The third-order valence-electron chi connectivity index (χ3n) is 3.95. The average Bonchev–Trinajstić information content (AvgIpc) is 2.48. The minimum absolute atomic E-state index is 0.0868. The Morgan fingerprint density at radius 1 is 1.46 bits per heavy atom. The molecule has 1 nitrogen and oxygen atoms in total. The van der Waals surface area contributed by atoms with E-state index in [1.54, 1.807) is 0 Å². The van der Waals surface area contributed by atoms with E-state index in [1.165, 1.54) is 19.3 Å². The molecule has 0 aromatic heterocycles. The summed E-state index contributed by atoms with van der Waals surface area (Å²) in [7, 11) is 0. The highest BCUT2D eigenvalue weighted by molar-refractivity contribution is 4.91. The van der Waals surface area contributed by atoms with E-state index < -0.39 is 0 Å². The minimum Gasteiger partial charge on any atom is -0.393 e. The summed E-state index contributed by atoms with van der Waals surface area (Å²) in [4.78, 5) is 0. The van der Waals surface area contributed by atoms with E-state index in [2.05, 4.69) is 27.7 Å². The van der Waals surface area contributed by atoms with E-state index in [-0.39, 0.29) is 11.5 Å². The molecule has 0 bridgehead atoms. The van der Waals surface area contributed by atoms with Crippen molar-refractivity contribution in [2.24, 2.45) is 17.3 Å². The second-order valence-electron chi connectivity index (χ2n) is 5.32. The third-order valence-corrected chi connectivity index (χ3v) is 3.95. The number of hydrogen-bond donors (Lipinski definition) is 1. The van der Waals surface area contributed by atoms with Crippen LogP contribution < -0.4 is 0 Å². The Kier molecular flexibility index (Phi) is 3.39. The molecule has 1 rings (SSSR count). The van der Waals surface area contributed by atoms with E-state index in [0.29, 0.717) is 0 Å². The predicted molar refractivity (Wildman–Crippen MR) is 56.6 cm³/mol. The van der Waals surface area contributed by atoms with Gasteiger partial charge in [0.2, 0.25) is 0 Å². The molecule has 1 aliphatic carbocycles. The molecule has 1 unspecified atom stereocenters. The molecule has 1 fully saturated rings. The molecule has 3 atom stereocenters. The molecule has 78 valence electrons.